The van der Waals surface area contributed by atoms with Crippen molar-refractivity contribution in [3.05, 3.63) is 47.3 Å². The summed E-state index contributed by atoms with van der Waals surface area (Å²) < 4.78 is 25.5. The Morgan fingerprint density at radius 1 is 1.39 bits per heavy atom. The van der Waals surface area contributed by atoms with Gasteiger partial charge >= 0.3 is 0 Å². The summed E-state index contributed by atoms with van der Waals surface area (Å²) in [6.45, 7) is 1.32. The summed E-state index contributed by atoms with van der Waals surface area (Å²) >= 11 is 5.14. The van der Waals surface area contributed by atoms with Crippen molar-refractivity contribution in [2.75, 3.05) is 19.4 Å². The van der Waals surface area contributed by atoms with Crippen LogP contribution in [-0.4, -0.2) is 53.3 Å². The van der Waals surface area contributed by atoms with Gasteiger partial charge in [0, 0.05) is 37.1 Å². The van der Waals surface area contributed by atoms with Crippen molar-refractivity contribution in [3.8, 4) is 5.75 Å². The van der Waals surface area contributed by atoms with Crippen LogP contribution < -0.4 is 10.7 Å². The van der Waals surface area contributed by atoms with Crippen LogP contribution in [0.4, 0.5) is 5.69 Å². The van der Waals surface area contributed by atoms with Crippen molar-refractivity contribution in [2.24, 2.45) is 5.10 Å². The van der Waals surface area contributed by atoms with Gasteiger partial charge in [-0.1, -0.05) is 6.07 Å². The van der Waals surface area contributed by atoms with Crippen LogP contribution in [-0.2, 0) is 16.6 Å². The maximum Gasteiger partial charge on any atom is 0.242 e. The normalized spacial score (nSPS) is 11.8. The number of pyridine rings is 1. The molecule has 2 rings (SSSR count). The van der Waals surface area contributed by atoms with E-state index in [9.17, 15) is 18.6 Å². The van der Waals surface area contributed by atoms with Gasteiger partial charge in [-0.3, -0.25) is 10.4 Å². The van der Waals surface area contributed by atoms with Crippen molar-refractivity contribution >= 4 is 39.3 Å². The number of aliphatic hydroxyl groups excluding tert-OH is 1. The van der Waals surface area contributed by atoms with Gasteiger partial charge in [0.05, 0.1) is 23.4 Å². The minimum absolute atomic E-state index is 0.0856. The minimum atomic E-state index is -3.56. The van der Waals surface area contributed by atoms with E-state index in [1.165, 1.54) is 38.6 Å². The lowest BCUT2D eigenvalue weighted by Gasteiger charge is -2.13. The topological polar surface area (TPSA) is 127 Å². The molecule has 0 aliphatic rings. The number of nitrogens with one attached hydrogen (secondary N) is 2. The van der Waals surface area contributed by atoms with E-state index in [2.05, 4.69) is 20.8 Å². The zero-order chi connectivity index (χ0) is 20.9. The number of nitrogens with zero attached hydrogens (tertiary/aromatic N) is 3. The maximum absolute atomic E-state index is 12.2. The molecular formula is C17H21N5O4S2. The van der Waals surface area contributed by atoms with Crippen LogP contribution in [0.2, 0.25) is 0 Å². The number of aromatic hydroxyl groups is 1. The second kappa shape index (κ2) is 9.06. The molecule has 1 aromatic heterocycles. The smallest absolute Gasteiger partial charge is 0.242 e. The SMILES string of the molecule is Cc1ncc(CO)c(C=NNC(=S)Nc2cccc(S(=O)(=O)N(C)C)c2)c1O. The number of hydrazone groups is 1. The number of hydrogen-bond donors (Lipinski definition) is 4. The molecule has 11 heteroatoms. The second-order valence-electron chi connectivity index (χ2n) is 5.93. The Labute approximate surface area is 168 Å². The van der Waals surface area contributed by atoms with Crippen molar-refractivity contribution in [3.63, 3.8) is 0 Å². The summed E-state index contributed by atoms with van der Waals surface area (Å²) in [5, 5.41) is 26.3. The van der Waals surface area contributed by atoms with Gasteiger partial charge in [-0.25, -0.2) is 12.7 Å². The number of thiocarbonyl (C=S) groups is 1. The Morgan fingerprint density at radius 3 is 2.75 bits per heavy atom. The molecule has 0 aliphatic carbocycles. The molecule has 0 saturated carbocycles. The van der Waals surface area contributed by atoms with Gasteiger partial charge in [0.2, 0.25) is 10.0 Å². The Hall–Kier alpha value is -2.60. The molecule has 0 saturated heterocycles. The standard InChI is InChI=1S/C17H21N5O4S2/c1-11-16(24)15(12(10-23)8-18-11)9-19-21-17(27)20-13-5-4-6-14(7-13)28(25,26)22(2)3/h4-9,23-24H,10H2,1-3H3,(H2,20,21,27). The summed E-state index contributed by atoms with van der Waals surface area (Å²) in [6, 6.07) is 6.19. The fourth-order valence-electron chi connectivity index (χ4n) is 2.18. The number of aliphatic hydroxyl groups is 1. The highest BCUT2D eigenvalue weighted by atomic mass is 32.2. The molecule has 1 heterocycles. The quantitative estimate of drug-likeness (QED) is 0.310. The van der Waals surface area contributed by atoms with Crippen LogP contribution >= 0.6 is 12.2 Å². The Bertz CT molecular complexity index is 1010. The average molecular weight is 424 g/mol. The van der Waals surface area contributed by atoms with Crippen molar-refractivity contribution in [1.82, 2.24) is 14.7 Å². The summed E-state index contributed by atoms with van der Waals surface area (Å²) in [4.78, 5) is 4.09. The monoisotopic (exact) mass is 423 g/mol. The number of aromatic nitrogens is 1. The highest BCUT2D eigenvalue weighted by Crippen LogP contribution is 2.22. The number of hydrogen-bond acceptors (Lipinski definition) is 7. The Balaban J connectivity index is 2.10. The zero-order valence-electron chi connectivity index (χ0n) is 15.5. The van der Waals surface area contributed by atoms with Gasteiger partial charge in [-0.05, 0) is 37.3 Å². The average Bonchev–Trinajstić information content (AvgIpc) is 2.65. The number of benzene rings is 1. The van der Waals surface area contributed by atoms with E-state index >= 15 is 0 Å². The molecule has 0 spiro atoms. The van der Waals surface area contributed by atoms with Crippen LogP contribution in [0.5, 0.6) is 5.75 Å². The van der Waals surface area contributed by atoms with E-state index < -0.39 is 10.0 Å². The lowest BCUT2D eigenvalue weighted by atomic mass is 10.1. The first-order chi connectivity index (χ1) is 13.2. The second-order valence-corrected chi connectivity index (χ2v) is 8.49. The zero-order valence-corrected chi connectivity index (χ0v) is 17.2. The van der Waals surface area contributed by atoms with E-state index in [1.54, 1.807) is 19.1 Å². The van der Waals surface area contributed by atoms with Crippen LogP contribution in [0.25, 0.3) is 0 Å². The largest absolute Gasteiger partial charge is 0.505 e. The number of anilines is 1. The molecule has 0 aliphatic heterocycles. The summed E-state index contributed by atoms with van der Waals surface area (Å²) in [5.41, 5.74) is 4.18. The number of rotatable bonds is 6. The molecular weight excluding hydrogens is 402 g/mol. The van der Waals surface area contributed by atoms with E-state index in [-0.39, 0.29) is 22.4 Å². The lowest BCUT2D eigenvalue weighted by Crippen LogP contribution is -2.25. The molecule has 1 aromatic carbocycles. The Kier molecular flexibility index (Phi) is 7.02. The molecule has 0 amide bonds. The Morgan fingerprint density at radius 2 is 2.11 bits per heavy atom. The van der Waals surface area contributed by atoms with Crippen LogP contribution in [0.3, 0.4) is 0 Å². The van der Waals surface area contributed by atoms with Gasteiger partial charge in [0.15, 0.2) is 5.11 Å². The van der Waals surface area contributed by atoms with Crippen molar-refractivity contribution in [2.45, 2.75) is 18.4 Å². The third kappa shape index (κ3) is 5.01. The van der Waals surface area contributed by atoms with Gasteiger partial charge in [-0.15, -0.1) is 0 Å². The molecule has 2 aromatic rings. The molecule has 0 bridgehead atoms. The fraction of sp³-hybridized carbons (Fsp3) is 0.235. The highest BCUT2D eigenvalue weighted by Gasteiger charge is 2.17. The number of sulfonamides is 1. The van der Waals surface area contributed by atoms with Crippen molar-refractivity contribution < 1.29 is 18.6 Å². The molecule has 4 N–H and O–H groups in total. The van der Waals surface area contributed by atoms with Gasteiger partial charge in [0.1, 0.15) is 5.75 Å². The van der Waals surface area contributed by atoms with Crippen LogP contribution in [0.1, 0.15) is 16.8 Å². The van der Waals surface area contributed by atoms with Gasteiger partial charge < -0.3 is 15.5 Å². The third-order valence-corrected chi connectivity index (χ3v) is 5.76. The lowest BCUT2D eigenvalue weighted by molar-refractivity contribution is 0.280. The van der Waals surface area contributed by atoms with Gasteiger partial charge in [-0.2, -0.15) is 5.10 Å². The summed E-state index contributed by atoms with van der Waals surface area (Å²) in [5.74, 6) is -0.0856. The third-order valence-electron chi connectivity index (χ3n) is 3.76. The number of aryl methyl sites for hydroxylation is 1. The highest BCUT2D eigenvalue weighted by molar-refractivity contribution is 7.89. The first-order valence-corrected chi connectivity index (χ1v) is 9.92. The van der Waals surface area contributed by atoms with Crippen LogP contribution in [0.15, 0.2) is 40.5 Å². The van der Waals surface area contributed by atoms with E-state index in [1.807, 2.05) is 0 Å². The van der Waals surface area contributed by atoms with Gasteiger partial charge in [0.25, 0.3) is 0 Å². The predicted octanol–water partition coefficient (Wildman–Crippen LogP) is 1.16. The first kappa shape index (κ1) is 21.7. The minimum Gasteiger partial charge on any atom is -0.505 e. The molecule has 0 fully saturated rings. The molecule has 0 radical (unpaired) electrons. The van der Waals surface area contributed by atoms with E-state index in [0.29, 0.717) is 22.5 Å². The maximum atomic E-state index is 12.2. The van der Waals surface area contributed by atoms with Crippen molar-refractivity contribution in [1.29, 1.82) is 0 Å². The van der Waals surface area contributed by atoms with Crippen LogP contribution in [0, 0.1) is 6.92 Å². The molecule has 150 valence electrons. The van der Waals surface area contributed by atoms with E-state index in [0.717, 1.165) is 4.31 Å². The molecule has 9 nitrogen and oxygen atoms in total. The molecule has 0 unspecified atom stereocenters. The predicted molar refractivity (Wildman–Crippen MR) is 111 cm³/mol. The van der Waals surface area contributed by atoms with E-state index in [4.69, 9.17) is 12.2 Å². The molecule has 0 atom stereocenters. The summed E-state index contributed by atoms with van der Waals surface area (Å²) in [6.07, 6.45) is 2.76. The summed E-state index contributed by atoms with van der Waals surface area (Å²) in [7, 11) is -0.659. The fourth-order valence-corrected chi connectivity index (χ4v) is 3.30. The first-order valence-electron chi connectivity index (χ1n) is 8.07. The molecule has 28 heavy (non-hydrogen) atoms.